The van der Waals surface area contributed by atoms with Crippen molar-refractivity contribution < 1.29 is 8.78 Å². The molecule has 0 saturated carbocycles. The minimum Gasteiger partial charge on any atom is -0.369 e. The van der Waals surface area contributed by atoms with Gasteiger partial charge in [0.15, 0.2) is 0 Å². The number of aryl methyl sites for hydroxylation is 1. The molecule has 1 unspecified atom stereocenters. The van der Waals surface area contributed by atoms with Crippen LogP contribution in [0.4, 0.5) is 14.6 Å². The van der Waals surface area contributed by atoms with E-state index < -0.39 is 11.6 Å². The maximum absolute atomic E-state index is 14.9. The van der Waals surface area contributed by atoms with Crippen LogP contribution in [0.15, 0.2) is 59.4 Å². The van der Waals surface area contributed by atoms with Crippen molar-refractivity contribution in [3.63, 3.8) is 0 Å². The van der Waals surface area contributed by atoms with E-state index in [2.05, 4.69) is 15.7 Å². The van der Waals surface area contributed by atoms with Crippen LogP contribution < -0.4 is 16.2 Å². The Kier molecular flexibility index (Phi) is 5.70. The summed E-state index contributed by atoms with van der Waals surface area (Å²) in [6.07, 6.45) is 0. The van der Waals surface area contributed by atoms with Crippen LogP contribution >= 0.6 is 0 Å². The molecule has 0 bridgehead atoms. The summed E-state index contributed by atoms with van der Waals surface area (Å²) in [7, 11) is 1.89. The number of nitrogens with zero attached hydrogens (tertiary/aromatic N) is 4. The van der Waals surface area contributed by atoms with Crippen molar-refractivity contribution in [2.24, 2.45) is 5.92 Å². The number of aromatic nitrogens is 4. The van der Waals surface area contributed by atoms with Gasteiger partial charge < -0.3 is 10.6 Å². The highest BCUT2D eigenvalue weighted by Gasteiger charge is 2.28. The molecule has 0 radical (unpaired) electrons. The molecule has 4 aromatic rings. The van der Waals surface area contributed by atoms with E-state index in [-0.39, 0.29) is 17.0 Å². The van der Waals surface area contributed by atoms with Crippen molar-refractivity contribution in [3.05, 3.63) is 82.1 Å². The normalized spacial score (nSPS) is 15.1. The number of halogens is 2. The Hall–Kier alpha value is -3.85. The van der Waals surface area contributed by atoms with Crippen LogP contribution in [0, 0.1) is 24.5 Å². The summed E-state index contributed by atoms with van der Waals surface area (Å²) in [5, 5.41) is 15.9. The van der Waals surface area contributed by atoms with Gasteiger partial charge in [0.2, 0.25) is 0 Å². The molecule has 2 aromatic heterocycles. The summed E-state index contributed by atoms with van der Waals surface area (Å²) in [5.74, 6) is -0.403. The van der Waals surface area contributed by atoms with Crippen molar-refractivity contribution in [2.45, 2.75) is 13.5 Å². The predicted octanol–water partition coefficient (Wildman–Crippen LogP) is 3.61. The van der Waals surface area contributed by atoms with Crippen LogP contribution in [0.5, 0.6) is 0 Å². The van der Waals surface area contributed by atoms with Gasteiger partial charge in [0, 0.05) is 43.2 Å². The van der Waals surface area contributed by atoms with E-state index in [0.717, 1.165) is 18.2 Å². The predicted molar refractivity (Wildman–Crippen MR) is 127 cm³/mol. The molecule has 0 amide bonds. The van der Waals surface area contributed by atoms with Crippen LogP contribution in [-0.4, -0.2) is 39.7 Å². The van der Waals surface area contributed by atoms with Gasteiger partial charge in [0.25, 0.3) is 5.56 Å². The van der Waals surface area contributed by atoms with Gasteiger partial charge in [-0.15, -0.1) is 0 Å². The van der Waals surface area contributed by atoms with E-state index in [9.17, 15) is 13.6 Å². The van der Waals surface area contributed by atoms with Crippen molar-refractivity contribution in [1.29, 1.82) is 0 Å². The Bertz CT molecular complexity index is 1430. The van der Waals surface area contributed by atoms with E-state index in [1.54, 1.807) is 10.7 Å². The summed E-state index contributed by atoms with van der Waals surface area (Å²) in [6.45, 7) is 4.01. The molecule has 1 aliphatic rings. The van der Waals surface area contributed by atoms with Crippen molar-refractivity contribution in [2.75, 3.05) is 25.5 Å². The Labute approximate surface area is 195 Å². The highest BCUT2D eigenvalue weighted by Crippen LogP contribution is 2.39. The highest BCUT2D eigenvalue weighted by atomic mass is 19.1. The lowest BCUT2D eigenvalue weighted by molar-refractivity contribution is 0.403. The smallest absolute Gasteiger partial charge is 0.271 e. The SMILES string of the molecule is CNCC1CNc2c(-c3ccc(=O)n(-c4ccccc4C)n3)c(-c3ccc(F)cc3F)nn2C1. The second-order valence-electron chi connectivity index (χ2n) is 8.44. The van der Waals surface area contributed by atoms with Gasteiger partial charge in [-0.3, -0.25) is 4.79 Å². The first-order valence-electron chi connectivity index (χ1n) is 11.1. The highest BCUT2D eigenvalue weighted by molar-refractivity contribution is 5.87. The van der Waals surface area contributed by atoms with Crippen LogP contribution in [0.2, 0.25) is 0 Å². The fraction of sp³-hybridized carbons (Fsp3) is 0.240. The largest absolute Gasteiger partial charge is 0.369 e. The zero-order valence-corrected chi connectivity index (χ0v) is 18.8. The molecule has 174 valence electrons. The number of fused-ring (bicyclic) bond motifs is 1. The molecule has 9 heteroatoms. The van der Waals surface area contributed by atoms with E-state index in [0.29, 0.717) is 41.5 Å². The van der Waals surface area contributed by atoms with Gasteiger partial charge in [0.1, 0.15) is 23.1 Å². The van der Waals surface area contributed by atoms with E-state index in [1.807, 2.05) is 38.2 Å². The van der Waals surface area contributed by atoms with Crippen LogP contribution in [0.1, 0.15) is 5.56 Å². The molecule has 2 aromatic carbocycles. The summed E-state index contributed by atoms with van der Waals surface area (Å²) in [4.78, 5) is 12.7. The lowest BCUT2D eigenvalue weighted by atomic mass is 10.0. The number of rotatable bonds is 5. The van der Waals surface area contributed by atoms with Gasteiger partial charge >= 0.3 is 0 Å². The fourth-order valence-electron chi connectivity index (χ4n) is 4.38. The molecular formula is C25H24F2N6O. The first-order chi connectivity index (χ1) is 16.5. The Morgan fingerprint density at radius 2 is 1.94 bits per heavy atom. The fourth-order valence-corrected chi connectivity index (χ4v) is 4.38. The van der Waals surface area contributed by atoms with Gasteiger partial charge in [-0.05, 0) is 43.8 Å². The number of benzene rings is 2. The third-order valence-electron chi connectivity index (χ3n) is 6.02. The lowest BCUT2D eigenvalue weighted by Crippen LogP contribution is -2.34. The standard InChI is InChI=1S/C25H24F2N6O/c1-15-5-3-4-6-21(15)33-22(34)10-9-20(30-33)23-24(18-8-7-17(26)11-19(18)27)31-32-14-16(12-28-2)13-29-25(23)32/h3-11,16,28-29H,12-14H2,1-2H3. The van der Waals surface area contributed by atoms with Gasteiger partial charge in [0.05, 0.1) is 16.9 Å². The molecule has 0 saturated heterocycles. The number of hydrogen-bond acceptors (Lipinski definition) is 5. The average Bonchev–Trinajstić information content (AvgIpc) is 3.18. The number of hydrogen-bond donors (Lipinski definition) is 2. The Balaban J connectivity index is 1.72. The average molecular weight is 463 g/mol. The summed E-state index contributed by atoms with van der Waals surface area (Å²) >= 11 is 0. The van der Waals surface area contributed by atoms with Gasteiger partial charge in [-0.1, -0.05) is 18.2 Å². The quantitative estimate of drug-likeness (QED) is 0.474. The molecule has 0 fully saturated rings. The lowest BCUT2D eigenvalue weighted by Gasteiger charge is -2.25. The van der Waals surface area contributed by atoms with Crippen molar-refractivity contribution in [1.82, 2.24) is 24.9 Å². The van der Waals surface area contributed by atoms with Crippen molar-refractivity contribution in [3.8, 4) is 28.2 Å². The monoisotopic (exact) mass is 462 g/mol. The molecule has 3 heterocycles. The number of para-hydroxylation sites is 1. The van der Waals surface area contributed by atoms with E-state index >= 15 is 0 Å². The van der Waals surface area contributed by atoms with Crippen molar-refractivity contribution >= 4 is 5.82 Å². The second-order valence-corrected chi connectivity index (χ2v) is 8.44. The molecule has 34 heavy (non-hydrogen) atoms. The number of anilines is 1. The third-order valence-corrected chi connectivity index (χ3v) is 6.02. The van der Waals surface area contributed by atoms with Crippen LogP contribution in [0.3, 0.4) is 0 Å². The molecule has 5 rings (SSSR count). The molecule has 1 aliphatic heterocycles. The van der Waals surface area contributed by atoms with E-state index in [1.165, 1.54) is 22.9 Å². The Morgan fingerprint density at radius 3 is 2.71 bits per heavy atom. The summed E-state index contributed by atoms with van der Waals surface area (Å²) in [6, 6.07) is 13.9. The summed E-state index contributed by atoms with van der Waals surface area (Å²) < 4.78 is 31.6. The van der Waals surface area contributed by atoms with Crippen LogP contribution in [0.25, 0.3) is 28.2 Å². The molecular weight excluding hydrogens is 438 g/mol. The second kappa shape index (κ2) is 8.83. The zero-order chi connectivity index (χ0) is 23.8. The minimum atomic E-state index is -0.712. The molecule has 0 spiro atoms. The van der Waals surface area contributed by atoms with Crippen LogP contribution in [-0.2, 0) is 6.54 Å². The molecule has 0 aliphatic carbocycles. The summed E-state index contributed by atoms with van der Waals surface area (Å²) in [5.41, 5.74) is 2.80. The topological polar surface area (TPSA) is 76.8 Å². The maximum Gasteiger partial charge on any atom is 0.271 e. The van der Waals surface area contributed by atoms with E-state index in [4.69, 9.17) is 5.10 Å². The first-order valence-corrected chi connectivity index (χ1v) is 11.1. The van der Waals surface area contributed by atoms with Gasteiger partial charge in [-0.25, -0.2) is 13.5 Å². The first kappa shape index (κ1) is 22.0. The number of nitrogens with one attached hydrogen (secondary N) is 2. The Morgan fingerprint density at radius 1 is 1.12 bits per heavy atom. The molecule has 2 N–H and O–H groups in total. The third kappa shape index (κ3) is 3.88. The zero-order valence-electron chi connectivity index (χ0n) is 18.8. The van der Waals surface area contributed by atoms with Gasteiger partial charge in [-0.2, -0.15) is 14.9 Å². The molecule has 1 atom stereocenters. The molecule has 7 nitrogen and oxygen atoms in total. The maximum atomic E-state index is 14.9. The minimum absolute atomic E-state index is 0.167.